The molecule has 6 aromatic rings. The van der Waals surface area contributed by atoms with Crippen LogP contribution >= 0.6 is 0 Å². The third-order valence-corrected chi connectivity index (χ3v) is 9.89. The van der Waals surface area contributed by atoms with Crippen molar-refractivity contribution in [2.24, 2.45) is 0 Å². The fraction of sp³-hybridized carbons (Fsp3) is 0.565. The molecule has 2 saturated heterocycles. The standard InChI is InChI=1S/2C23H31N5O3.Ni/c2*1-22(2,3)29-12-17-16(31-23(4,5)6)11-18(30-17)28-14-27-20-19(25-13-26-21(20)28)15-9-7-8-10-24-15;/h2*7-10,13-14,16-18H,11-12H2,1-6H3;. The molecule has 0 aliphatic carbocycles. The molecule has 0 spiro atoms. The summed E-state index contributed by atoms with van der Waals surface area (Å²) in [5.41, 5.74) is 4.70. The number of imidazole rings is 2. The number of ether oxygens (including phenoxy) is 6. The van der Waals surface area contributed by atoms with Crippen LogP contribution in [0.1, 0.15) is 108 Å². The van der Waals surface area contributed by atoms with Gasteiger partial charge in [0.1, 0.15) is 59.7 Å². The van der Waals surface area contributed by atoms with Crippen LogP contribution in [0.5, 0.6) is 0 Å². The number of hydrogen-bond donors (Lipinski definition) is 0. The van der Waals surface area contributed by atoms with Crippen molar-refractivity contribution in [3.05, 3.63) is 74.1 Å². The van der Waals surface area contributed by atoms with Gasteiger partial charge in [-0.05, 0) is 107 Å². The van der Waals surface area contributed by atoms with E-state index >= 15 is 0 Å². The van der Waals surface area contributed by atoms with Gasteiger partial charge in [-0.2, -0.15) is 0 Å². The minimum atomic E-state index is -0.284. The van der Waals surface area contributed by atoms with Crippen LogP contribution in [-0.4, -0.2) is 109 Å². The molecule has 2 fully saturated rings. The predicted octanol–water partition coefficient (Wildman–Crippen LogP) is 8.35. The van der Waals surface area contributed by atoms with Crippen molar-refractivity contribution in [2.45, 2.75) is 155 Å². The fourth-order valence-corrected chi connectivity index (χ4v) is 7.37. The number of nitrogens with zero attached hydrogens (tertiary/aromatic N) is 10. The quantitative estimate of drug-likeness (QED) is 0.120. The van der Waals surface area contributed by atoms with E-state index in [0.29, 0.717) is 59.8 Å². The van der Waals surface area contributed by atoms with Crippen LogP contribution < -0.4 is 0 Å². The predicted molar refractivity (Wildman–Crippen MR) is 235 cm³/mol. The molecule has 6 unspecified atom stereocenters. The molecule has 0 amide bonds. The van der Waals surface area contributed by atoms with E-state index in [1.54, 1.807) is 37.7 Å². The average molecular weight is 910 g/mol. The van der Waals surface area contributed by atoms with Gasteiger partial charge in [0.2, 0.25) is 0 Å². The maximum absolute atomic E-state index is 6.41. The second-order valence-corrected chi connectivity index (χ2v) is 19.6. The minimum Gasteiger partial charge on any atom is -0.373 e. The molecule has 16 nitrogen and oxygen atoms in total. The number of aromatic nitrogens is 10. The van der Waals surface area contributed by atoms with Gasteiger partial charge < -0.3 is 28.4 Å². The number of pyridine rings is 2. The van der Waals surface area contributed by atoms with E-state index in [0.717, 1.165) is 11.4 Å². The smallest absolute Gasteiger partial charge is 0.166 e. The second kappa shape index (κ2) is 19.4. The van der Waals surface area contributed by atoms with Crippen LogP contribution in [-0.2, 0) is 44.9 Å². The van der Waals surface area contributed by atoms with E-state index in [1.807, 2.05) is 87.1 Å². The van der Waals surface area contributed by atoms with Gasteiger partial charge in [-0.25, -0.2) is 29.9 Å². The van der Waals surface area contributed by atoms with Crippen molar-refractivity contribution in [1.82, 2.24) is 49.0 Å². The molecule has 8 heterocycles. The van der Waals surface area contributed by atoms with E-state index in [-0.39, 0.29) is 75.8 Å². The maximum Gasteiger partial charge on any atom is 0.166 e. The van der Waals surface area contributed by atoms with Crippen molar-refractivity contribution < 1.29 is 44.9 Å². The molecular weight excluding hydrogens is 847 g/mol. The van der Waals surface area contributed by atoms with Crippen molar-refractivity contribution in [3.8, 4) is 22.8 Å². The molecule has 0 aromatic carbocycles. The zero-order chi connectivity index (χ0) is 44.5. The van der Waals surface area contributed by atoms with Gasteiger partial charge in [0.25, 0.3) is 0 Å². The Morgan fingerprint density at radius 3 is 1.25 bits per heavy atom. The normalized spacial score (nSPS) is 22.0. The van der Waals surface area contributed by atoms with Crippen LogP contribution in [0.4, 0.5) is 0 Å². The first kappa shape index (κ1) is 48.1. The van der Waals surface area contributed by atoms with Gasteiger partial charge in [0.15, 0.2) is 11.3 Å². The Balaban J connectivity index is 0.000000206. The second-order valence-electron chi connectivity index (χ2n) is 19.6. The monoisotopic (exact) mass is 908 g/mol. The van der Waals surface area contributed by atoms with Crippen LogP contribution in [0.25, 0.3) is 45.1 Å². The summed E-state index contributed by atoms with van der Waals surface area (Å²) < 4.78 is 41.4. The summed E-state index contributed by atoms with van der Waals surface area (Å²) in [6, 6.07) is 11.5. The van der Waals surface area contributed by atoms with Gasteiger partial charge in [-0.15, -0.1) is 0 Å². The number of fused-ring (bicyclic) bond motifs is 2. The summed E-state index contributed by atoms with van der Waals surface area (Å²) in [6.45, 7) is 25.5. The third-order valence-electron chi connectivity index (χ3n) is 9.89. The van der Waals surface area contributed by atoms with E-state index in [1.165, 1.54) is 0 Å². The van der Waals surface area contributed by atoms with Crippen LogP contribution in [0.2, 0.25) is 0 Å². The molecule has 63 heavy (non-hydrogen) atoms. The van der Waals surface area contributed by atoms with Crippen molar-refractivity contribution in [2.75, 3.05) is 13.2 Å². The molecule has 6 atom stereocenters. The van der Waals surface area contributed by atoms with Crippen LogP contribution in [0.3, 0.4) is 0 Å². The molecule has 0 bridgehead atoms. The van der Waals surface area contributed by atoms with E-state index in [9.17, 15) is 0 Å². The van der Waals surface area contributed by atoms with Gasteiger partial charge in [0, 0.05) is 41.7 Å². The molecule has 17 heteroatoms. The Labute approximate surface area is 380 Å². The molecule has 0 saturated carbocycles. The van der Waals surface area contributed by atoms with Gasteiger partial charge in [-0.1, -0.05) is 12.1 Å². The van der Waals surface area contributed by atoms with E-state index in [2.05, 4.69) is 81.4 Å². The zero-order valence-corrected chi connectivity index (χ0v) is 39.4. The Morgan fingerprint density at radius 2 is 0.921 bits per heavy atom. The Hall–Kier alpha value is -4.35. The van der Waals surface area contributed by atoms with Gasteiger partial charge in [0.05, 0.1) is 71.9 Å². The van der Waals surface area contributed by atoms with Crippen molar-refractivity contribution >= 4 is 22.3 Å². The van der Waals surface area contributed by atoms with Gasteiger partial charge in [-0.3, -0.25) is 19.1 Å². The Kier molecular flexibility index (Phi) is 14.8. The maximum atomic E-state index is 6.41. The van der Waals surface area contributed by atoms with E-state index < -0.39 is 0 Å². The summed E-state index contributed by atoms with van der Waals surface area (Å²) in [4.78, 5) is 35.8. The SMILES string of the molecule is CC(C)(C)OCC1OC(n2cnc3c(-c4ccccn4)ncnc32)CC1OC(C)(C)C.CC(C)(C)OCC1OC(n2cnc3c(-c4ccccn4)ncnc32)CC1OC(C)(C)C.[Ni]. The van der Waals surface area contributed by atoms with Gasteiger partial charge >= 0.3 is 0 Å². The Morgan fingerprint density at radius 1 is 0.524 bits per heavy atom. The average Bonchev–Trinajstić information content (AvgIpc) is 4.00. The Bertz CT molecular complexity index is 2220. The summed E-state index contributed by atoms with van der Waals surface area (Å²) in [5, 5.41) is 0. The molecule has 2 aliphatic heterocycles. The molecule has 6 aromatic heterocycles. The largest absolute Gasteiger partial charge is 0.373 e. The minimum absolute atomic E-state index is 0. The number of hydrogen-bond acceptors (Lipinski definition) is 14. The molecular formula is C46H62N10NiO6. The molecule has 8 rings (SSSR count). The topological polar surface area (TPSA) is 168 Å². The molecule has 2 aliphatic rings. The third kappa shape index (κ3) is 12.5. The molecule has 0 radical (unpaired) electrons. The summed E-state index contributed by atoms with van der Waals surface area (Å²) in [6.07, 6.45) is 10.4. The van der Waals surface area contributed by atoms with Crippen molar-refractivity contribution in [3.63, 3.8) is 0 Å². The molecule has 0 N–H and O–H groups in total. The zero-order valence-electron chi connectivity index (χ0n) is 38.5. The summed E-state index contributed by atoms with van der Waals surface area (Å²) in [7, 11) is 0. The first-order valence-corrected chi connectivity index (χ1v) is 21.3. The van der Waals surface area contributed by atoms with Crippen LogP contribution in [0, 0.1) is 0 Å². The first-order chi connectivity index (χ1) is 29.2. The first-order valence-electron chi connectivity index (χ1n) is 21.3. The van der Waals surface area contributed by atoms with Crippen LogP contribution in [0.15, 0.2) is 74.1 Å². The fourth-order valence-electron chi connectivity index (χ4n) is 7.37. The van der Waals surface area contributed by atoms with Crippen molar-refractivity contribution in [1.29, 1.82) is 0 Å². The number of rotatable bonds is 10. The summed E-state index contributed by atoms with van der Waals surface area (Å²) in [5.74, 6) is 0. The summed E-state index contributed by atoms with van der Waals surface area (Å²) >= 11 is 0. The molecule has 342 valence electrons. The van der Waals surface area contributed by atoms with E-state index in [4.69, 9.17) is 28.4 Å².